The average Bonchev–Trinajstić information content (AvgIpc) is 3.45. The second-order valence-corrected chi connectivity index (χ2v) is 25.2. The molecule has 0 N–H and O–H groups in total. The van der Waals surface area contributed by atoms with Crippen molar-refractivity contribution < 1.29 is 42.1 Å². The summed E-state index contributed by atoms with van der Waals surface area (Å²) in [6, 6.07) is 0. The average molecular weight is 1170 g/mol. The molecule has 0 spiro atoms. The summed E-state index contributed by atoms with van der Waals surface area (Å²) >= 11 is 0. The van der Waals surface area contributed by atoms with E-state index in [-0.39, 0.29) is 32.0 Å². The molecule has 0 aromatic carbocycles. The van der Waals surface area contributed by atoms with Gasteiger partial charge in [0, 0.05) is 12.8 Å². The number of esters is 2. The lowest BCUT2D eigenvalue weighted by Gasteiger charge is -2.28. The van der Waals surface area contributed by atoms with Crippen LogP contribution in [0.3, 0.4) is 0 Å². The number of ether oxygens (including phenoxy) is 2. The number of allylic oxidation sites excluding steroid dienone is 16. The van der Waals surface area contributed by atoms with Crippen molar-refractivity contribution in [3.8, 4) is 0 Å². The number of phosphoric acid groups is 1. The summed E-state index contributed by atoms with van der Waals surface area (Å²) in [5.74, 6) is -0.830. The highest BCUT2D eigenvalue weighted by Crippen LogP contribution is 2.38. The molecule has 474 valence electrons. The molecule has 0 aromatic rings. The summed E-state index contributed by atoms with van der Waals surface area (Å²) in [6.45, 7) is 4.16. The topological polar surface area (TPSA) is 111 Å². The van der Waals surface area contributed by atoms with Gasteiger partial charge in [0.25, 0.3) is 7.82 Å². The molecular formula is C72H128NO8P. The van der Waals surface area contributed by atoms with E-state index in [4.69, 9.17) is 18.5 Å². The molecule has 2 unspecified atom stereocenters. The third-order valence-electron chi connectivity index (χ3n) is 14.6. The number of likely N-dealkylation sites (N-methyl/N-ethyl adjacent to an activating group) is 1. The fourth-order valence-corrected chi connectivity index (χ4v) is 10.2. The van der Waals surface area contributed by atoms with E-state index in [2.05, 4.69) is 111 Å². The molecule has 0 heterocycles. The second kappa shape index (κ2) is 62.5. The van der Waals surface area contributed by atoms with Crippen LogP contribution in [-0.4, -0.2) is 70.0 Å². The van der Waals surface area contributed by atoms with Crippen molar-refractivity contribution >= 4 is 19.8 Å². The first-order valence-corrected chi connectivity index (χ1v) is 35.4. The Hall–Kier alpha value is -3.07. The van der Waals surface area contributed by atoms with Crippen molar-refractivity contribution in [3.63, 3.8) is 0 Å². The summed E-state index contributed by atoms with van der Waals surface area (Å²) < 4.78 is 34.3. The van der Waals surface area contributed by atoms with Gasteiger partial charge < -0.3 is 27.9 Å². The Morgan fingerprint density at radius 1 is 0.390 bits per heavy atom. The van der Waals surface area contributed by atoms with Crippen molar-refractivity contribution in [1.29, 1.82) is 0 Å². The maximum atomic E-state index is 12.9. The van der Waals surface area contributed by atoms with Crippen LogP contribution in [0, 0.1) is 0 Å². The van der Waals surface area contributed by atoms with Crippen LogP contribution < -0.4 is 4.89 Å². The number of rotatable bonds is 62. The van der Waals surface area contributed by atoms with E-state index in [1.807, 2.05) is 21.1 Å². The third kappa shape index (κ3) is 66.1. The highest BCUT2D eigenvalue weighted by atomic mass is 31.2. The first kappa shape index (κ1) is 78.9. The first-order chi connectivity index (χ1) is 40.0. The molecule has 0 aromatic heterocycles. The normalized spacial score (nSPS) is 13.8. The zero-order valence-corrected chi connectivity index (χ0v) is 54.8. The van der Waals surface area contributed by atoms with E-state index in [1.54, 1.807) is 0 Å². The van der Waals surface area contributed by atoms with Crippen molar-refractivity contribution in [1.82, 2.24) is 0 Å². The summed E-state index contributed by atoms with van der Waals surface area (Å²) in [5.41, 5.74) is 0. The predicted octanol–water partition coefficient (Wildman–Crippen LogP) is 21.3. The van der Waals surface area contributed by atoms with Crippen molar-refractivity contribution in [2.24, 2.45) is 0 Å². The maximum Gasteiger partial charge on any atom is 0.306 e. The monoisotopic (exact) mass is 1170 g/mol. The molecule has 0 aliphatic rings. The van der Waals surface area contributed by atoms with Gasteiger partial charge in [-0.1, -0.05) is 304 Å². The van der Waals surface area contributed by atoms with E-state index < -0.39 is 26.5 Å². The SMILES string of the molecule is CC/C=C\C/C=C\C/C=C\C/C=C\C/C=C\C/C=C\C/C=C\C/C=C\CCCCCCCCCCCCC(=O)OC(COC(=O)CCCCCCCCCCCCCCCCCCCCCCCCC)COP(=O)([O-])OCC[N+](C)(C)C. The van der Waals surface area contributed by atoms with E-state index >= 15 is 0 Å². The predicted molar refractivity (Wildman–Crippen MR) is 351 cm³/mol. The zero-order chi connectivity index (χ0) is 59.8. The van der Waals surface area contributed by atoms with Gasteiger partial charge in [-0.05, 0) is 77.0 Å². The highest BCUT2D eigenvalue weighted by Gasteiger charge is 2.22. The Labute approximate surface area is 506 Å². The van der Waals surface area contributed by atoms with Crippen LogP contribution in [0.5, 0.6) is 0 Å². The van der Waals surface area contributed by atoms with Crippen LogP contribution >= 0.6 is 7.82 Å². The van der Waals surface area contributed by atoms with Gasteiger partial charge in [0.1, 0.15) is 19.8 Å². The van der Waals surface area contributed by atoms with E-state index in [1.165, 1.54) is 167 Å². The molecular weight excluding hydrogens is 1040 g/mol. The fourth-order valence-electron chi connectivity index (χ4n) is 9.44. The van der Waals surface area contributed by atoms with E-state index in [9.17, 15) is 19.0 Å². The lowest BCUT2D eigenvalue weighted by atomic mass is 10.0. The largest absolute Gasteiger partial charge is 0.756 e. The Bertz CT molecular complexity index is 1710. The summed E-state index contributed by atoms with van der Waals surface area (Å²) in [6.07, 6.45) is 86.2. The quantitative estimate of drug-likeness (QED) is 0.0195. The smallest absolute Gasteiger partial charge is 0.306 e. The molecule has 9 nitrogen and oxygen atoms in total. The van der Waals surface area contributed by atoms with Crippen molar-refractivity contribution in [2.45, 2.75) is 302 Å². The van der Waals surface area contributed by atoms with E-state index in [0.717, 1.165) is 96.3 Å². The number of quaternary nitrogens is 1. The van der Waals surface area contributed by atoms with Crippen molar-refractivity contribution in [3.05, 3.63) is 97.2 Å². The minimum absolute atomic E-state index is 0.0338. The zero-order valence-electron chi connectivity index (χ0n) is 53.9. The number of carbonyl (C=O) groups is 2. The first-order valence-electron chi connectivity index (χ1n) is 33.9. The molecule has 0 rings (SSSR count). The van der Waals surface area contributed by atoms with Crippen LogP contribution in [0.25, 0.3) is 0 Å². The lowest BCUT2D eigenvalue weighted by molar-refractivity contribution is -0.870. The minimum atomic E-state index is -4.65. The molecule has 0 saturated carbocycles. The van der Waals surface area contributed by atoms with Gasteiger partial charge in [-0.15, -0.1) is 0 Å². The number of hydrogen-bond donors (Lipinski definition) is 0. The summed E-state index contributed by atoms with van der Waals surface area (Å²) in [7, 11) is 1.16. The molecule has 0 aliphatic carbocycles. The van der Waals surface area contributed by atoms with Gasteiger partial charge in [0.2, 0.25) is 0 Å². The maximum absolute atomic E-state index is 12.9. The number of unbranched alkanes of at least 4 members (excludes halogenated alkanes) is 32. The van der Waals surface area contributed by atoms with Gasteiger partial charge in [-0.25, -0.2) is 0 Å². The van der Waals surface area contributed by atoms with E-state index in [0.29, 0.717) is 17.4 Å². The van der Waals surface area contributed by atoms with Gasteiger partial charge in [-0.3, -0.25) is 14.2 Å². The van der Waals surface area contributed by atoms with Crippen LogP contribution in [0.15, 0.2) is 97.2 Å². The highest BCUT2D eigenvalue weighted by molar-refractivity contribution is 7.45. The summed E-state index contributed by atoms with van der Waals surface area (Å²) in [4.78, 5) is 38.0. The third-order valence-corrected chi connectivity index (χ3v) is 15.6. The molecule has 0 saturated heterocycles. The standard InChI is InChI=1S/C72H128NO8P/c1-6-8-10-12-14-16-18-20-22-24-26-28-30-31-32-33-34-35-36-37-38-39-40-41-43-45-47-49-51-53-55-57-59-61-63-65-72(75)81-70(69-80-82(76,77)79-67-66-73(3,4)5)68-78-71(74)64-62-60-58-56-54-52-50-48-46-44-42-29-27-25-23-21-19-17-15-13-11-9-7-2/h8,10,14,16,20,22,26,28,31-32,34-35,37-38,40-41,70H,6-7,9,11-13,15,17-19,21,23-25,27,29-30,33,36,39,42-69H2,1-5H3/b10-8-,16-14-,22-20-,28-26-,32-31-,35-34-,38-37-,41-40-. The number of hydrogen-bond acceptors (Lipinski definition) is 8. The number of carbonyl (C=O) groups excluding carboxylic acids is 2. The van der Waals surface area contributed by atoms with Crippen LogP contribution in [0.1, 0.15) is 296 Å². The Balaban J connectivity index is 4.09. The molecule has 0 amide bonds. The second-order valence-electron chi connectivity index (χ2n) is 23.8. The van der Waals surface area contributed by atoms with Crippen LogP contribution in [0.2, 0.25) is 0 Å². The molecule has 0 aliphatic heterocycles. The lowest BCUT2D eigenvalue weighted by Crippen LogP contribution is -2.37. The molecule has 0 fully saturated rings. The van der Waals surface area contributed by atoms with Gasteiger partial charge in [0.15, 0.2) is 6.10 Å². The number of phosphoric ester groups is 1. The Morgan fingerprint density at radius 3 is 1.04 bits per heavy atom. The van der Waals surface area contributed by atoms with Gasteiger partial charge in [0.05, 0.1) is 27.7 Å². The molecule has 82 heavy (non-hydrogen) atoms. The Morgan fingerprint density at radius 2 is 0.695 bits per heavy atom. The van der Waals surface area contributed by atoms with Gasteiger partial charge >= 0.3 is 11.9 Å². The van der Waals surface area contributed by atoms with Crippen molar-refractivity contribution in [2.75, 3.05) is 47.5 Å². The minimum Gasteiger partial charge on any atom is -0.756 e. The molecule has 10 heteroatoms. The van der Waals surface area contributed by atoms with Crippen LogP contribution in [0.4, 0.5) is 0 Å². The Kier molecular flexibility index (Phi) is 60.1. The molecule has 0 radical (unpaired) electrons. The fraction of sp³-hybridized carbons (Fsp3) is 0.750. The number of nitrogens with zero attached hydrogens (tertiary/aromatic N) is 1. The van der Waals surface area contributed by atoms with Crippen LogP contribution in [-0.2, 0) is 32.7 Å². The summed E-state index contributed by atoms with van der Waals surface area (Å²) in [5, 5.41) is 0. The molecule has 2 atom stereocenters. The van der Waals surface area contributed by atoms with Gasteiger partial charge in [-0.2, -0.15) is 0 Å². The molecule has 0 bridgehead atoms.